The van der Waals surface area contributed by atoms with Crippen LogP contribution in [0.15, 0.2) is 242 Å². The molecule has 0 unspecified atom stereocenters. The Balaban J connectivity index is 0.000000159. The van der Waals surface area contributed by atoms with E-state index < -0.39 is 0 Å². The van der Waals surface area contributed by atoms with Crippen molar-refractivity contribution >= 4 is 53.4 Å². The Morgan fingerprint density at radius 3 is 0.423 bits per heavy atom. The minimum atomic E-state index is 0. The molecule has 0 bridgehead atoms. The topological polar surface area (TPSA) is 25.9 Å². The first-order valence-electron chi connectivity index (χ1n) is 52.2. The van der Waals surface area contributed by atoms with E-state index in [0.717, 1.165) is 97.9 Å². The molecule has 7 fully saturated rings. The molecule has 4 aliphatic heterocycles. The van der Waals surface area contributed by atoms with Crippen LogP contribution >= 0.6 is 7.92 Å². The van der Waals surface area contributed by atoms with Gasteiger partial charge in [-0.2, -0.15) is 70.8 Å². The zero-order valence-electron chi connectivity index (χ0n) is 89.9. The molecule has 142 heavy (non-hydrogen) atoms. The molecule has 12 heteroatoms. The molecule has 0 spiro atoms. The van der Waals surface area contributed by atoms with Crippen molar-refractivity contribution in [1.29, 1.82) is 0 Å². The molecule has 12 aromatic rings. The molecule has 0 amide bonds. The van der Waals surface area contributed by atoms with E-state index in [1.165, 1.54) is 215 Å². The van der Waals surface area contributed by atoms with Gasteiger partial charge in [0.1, 0.15) is 0 Å². The molecule has 12 aromatic carbocycles. The molecule has 4 heterocycles. The van der Waals surface area contributed by atoms with E-state index in [1.807, 2.05) is 0 Å². The van der Waals surface area contributed by atoms with Gasteiger partial charge in [0.2, 0.25) is 0 Å². The molecule has 4 saturated heterocycles. The van der Waals surface area contributed by atoms with E-state index in [1.54, 1.807) is 77.0 Å². The largest absolute Gasteiger partial charge is 4.00 e. The Bertz CT molecular complexity index is 5220. The fourth-order valence-electron chi connectivity index (χ4n) is 24.9. The van der Waals surface area contributed by atoms with Crippen molar-refractivity contribution in [2.24, 2.45) is 0 Å². The van der Waals surface area contributed by atoms with Crippen molar-refractivity contribution in [2.45, 2.75) is 279 Å². The minimum absolute atomic E-state index is 0. The smallest absolute Gasteiger partial charge is 1.00 e. The van der Waals surface area contributed by atoms with Gasteiger partial charge in [0.15, 0.2) is 0 Å². The van der Waals surface area contributed by atoms with Crippen molar-refractivity contribution in [1.82, 2.24) is 0 Å². The fraction of sp³-hybridized carbons (Fsp3) is 0.385. The van der Waals surface area contributed by atoms with E-state index in [4.69, 9.17) is 0 Å². The predicted molar refractivity (Wildman–Crippen MR) is 601 cm³/mol. The fourth-order valence-corrected chi connectivity index (χ4v) is 29.6. The number of halogens is 2. The van der Waals surface area contributed by atoms with Crippen LogP contribution < -0.4 is 64.0 Å². The Morgan fingerprint density at radius 2 is 0.303 bits per heavy atom. The van der Waals surface area contributed by atoms with Crippen molar-refractivity contribution in [2.75, 3.05) is 91.6 Å². The van der Waals surface area contributed by atoms with E-state index in [9.17, 15) is 0 Å². The van der Waals surface area contributed by atoms with Crippen LogP contribution in [0.3, 0.4) is 0 Å². The molecule has 746 valence electrons. The average molecular weight is 2030 g/mol. The standard InChI is InChI=1S/4C28H31N2.C18H33P.2ClH.Ru/c4*1-19-14-21(3)27(22(4)15-19)29-12-13-30(26(29)18-25-10-8-7-9-11-25)28-23(5)16-20(2)17-24(28)6;1-4-10-16(11-5-1)19(17-12-6-2-7-13-17)18-14-8-3-9-15-18;;;/h4*7-11,14-17H,12-13H2,1-6H3;16-18H,1-15H2;2*1H;/q4*-1;;;;+4/p-2. The first-order valence-corrected chi connectivity index (χ1v) is 53.8. The summed E-state index contributed by atoms with van der Waals surface area (Å²) in [7, 11) is 0.385. The number of hydrogen-bond donors (Lipinski definition) is 0. The number of nitrogens with zero attached hydrogens (tertiary/aromatic N) is 8. The van der Waals surface area contributed by atoms with Gasteiger partial charge in [-0.15, -0.1) is 72.8 Å². The number of hydrogen-bond acceptors (Lipinski definition) is 8. The van der Waals surface area contributed by atoms with Gasteiger partial charge in [-0.3, -0.25) is 0 Å². The Kier molecular flexibility index (Phi) is 39.2. The van der Waals surface area contributed by atoms with Gasteiger partial charge >= 0.3 is 19.5 Å². The van der Waals surface area contributed by atoms with Crippen LogP contribution in [0.5, 0.6) is 0 Å². The van der Waals surface area contributed by atoms with Crippen molar-refractivity contribution in [3.05, 3.63) is 422 Å². The summed E-state index contributed by atoms with van der Waals surface area (Å²) in [5.74, 6) is 4.52. The SMILES string of the molecule is C1CCC(P(C2CCCCC2)C2CCCCC2)CC1.Cc1cc(C)c(N2CCN(c3c(C)cc(C)cc3C)C2=[C-]c2ccccc2)c(C)c1.Cc1cc(C)c(N2CCN(c3c(C)cc(C)cc3C)C2=[C-]c2ccccc2)c(C)c1.Cc1cc(C)c(N2CCN(c3c(C)cc(C)cc3C)C2=[C-]c2ccccc2)c(C)c1.Cc1cc(C)c(N2CCN(c3c(C)cc(C)cc3C)C2=[C-]c2ccccc2)c(C)c1.[Cl-].[Cl-].[Ru+4]. The number of aryl methyl sites for hydroxylation is 24. The molecule has 8 nitrogen and oxygen atoms in total. The summed E-state index contributed by atoms with van der Waals surface area (Å²) in [5.41, 5.74) is 50.1. The Morgan fingerprint density at radius 1 is 0.183 bits per heavy atom. The maximum atomic E-state index is 3.74. The van der Waals surface area contributed by atoms with Crippen LogP contribution in [0.2, 0.25) is 0 Å². The van der Waals surface area contributed by atoms with E-state index in [2.05, 4.69) is 448 Å². The molecular formula is C130H157Cl2N8PRu-2. The average Bonchev–Trinajstić information content (AvgIpc) is 1.62. The van der Waals surface area contributed by atoms with Crippen LogP contribution in [0.1, 0.15) is 252 Å². The summed E-state index contributed by atoms with van der Waals surface area (Å²) >= 11 is 0. The first kappa shape index (κ1) is 110. The van der Waals surface area contributed by atoms with Gasteiger partial charge in [0.05, 0.1) is 23.3 Å². The van der Waals surface area contributed by atoms with E-state index >= 15 is 0 Å². The van der Waals surface area contributed by atoms with Crippen molar-refractivity contribution in [3.63, 3.8) is 0 Å². The maximum Gasteiger partial charge on any atom is 4.00 e. The second kappa shape index (κ2) is 50.4. The van der Waals surface area contributed by atoms with Crippen LogP contribution in [-0.2, 0) is 19.5 Å². The molecule has 0 atom stereocenters. The Hall–Kier alpha value is -10.4. The van der Waals surface area contributed by atoms with Crippen molar-refractivity contribution in [3.8, 4) is 0 Å². The summed E-state index contributed by atoms with van der Waals surface area (Å²) in [4.78, 5) is 19.6. The van der Waals surface area contributed by atoms with Gasteiger partial charge in [-0.05, 0) is 311 Å². The van der Waals surface area contributed by atoms with E-state index in [-0.39, 0.29) is 44.3 Å². The van der Waals surface area contributed by atoms with Gasteiger partial charge in [0.25, 0.3) is 0 Å². The van der Waals surface area contributed by atoms with Gasteiger partial charge < -0.3 is 64.0 Å². The van der Waals surface area contributed by atoms with Gasteiger partial charge in [0, 0.05) is 97.9 Å². The van der Waals surface area contributed by atoms with Crippen LogP contribution in [0.4, 0.5) is 45.5 Å². The molecule has 0 aromatic heterocycles. The third-order valence-electron chi connectivity index (χ3n) is 29.6. The van der Waals surface area contributed by atoms with Crippen LogP contribution in [0.25, 0.3) is 0 Å². The maximum absolute atomic E-state index is 3.74. The summed E-state index contributed by atoms with van der Waals surface area (Å²) in [6.07, 6.45) is 38.6. The van der Waals surface area contributed by atoms with Gasteiger partial charge in [-0.25, -0.2) is 0 Å². The second-order valence-electron chi connectivity index (χ2n) is 41.8. The summed E-state index contributed by atoms with van der Waals surface area (Å²) in [5, 5.41) is 0. The van der Waals surface area contributed by atoms with Crippen LogP contribution in [0, 0.1) is 190 Å². The third-order valence-corrected chi connectivity index (χ3v) is 33.7. The molecule has 0 radical (unpaired) electrons. The number of rotatable bonds is 15. The van der Waals surface area contributed by atoms with E-state index in [0.29, 0.717) is 7.92 Å². The summed E-state index contributed by atoms with van der Waals surface area (Å²) < 4.78 is 0. The number of anilines is 8. The van der Waals surface area contributed by atoms with Crippen molar-refractivity contribution < 1.29 is 44.3 Å². The minimum Gasteiger partial charge on any atom is -1.00 e. The molecule has 0 N–H and O–H groups in total. The zero-order valence-corrected chi connectivity index (χ0v) is 94.1. The van der Waals surface area contributed by atoms with Gasteiger partial charge in [-0.1, -0.05) is 232 Å². The monoisotopic (exact) mass is 2030 g/mol. The van der Waals surface area contributed by atoms with Crippen LogP contribution in [-0.4, -0.2) is 69.3 Å². The normalized spacial score (nSPS) is 15.6. The summed E-state index contributed by atoms with van der Waals surface area (Å²) in [6.45, 7) is 60.6. The number of benzene rings is 12. The third kappa shape index (κ3) is 26.3. The first-order chi connectivity index (χ1) is 66.8. The molecule has 7 aliphatic rings. The molecule has 3 aliphatic carbocycles. The zero-order chi connectivity index (χ0) is 98.6. The molecular weight excluding hydrogens is 1880 g/mol. The quantitative estimate of drug-likeness (QED) is 0.0569. The second-order valence-corrected chi connectivity index (χ2v) is 44.9. The molecule has 19 rings (SSSR count). The molecule has 3 saturated carbocycles. The Labute approximate surface area is 883 Å². The summed E-state index contributed by atoms with van der Waals surface area (Å²) in [6, 6.07) is 78.5. The predicted octanol–water partition coefficient (Wildman–Crippen LogP) is 26.7.